The van der Waals surface area contributed by atoms with E-state index in [1.54, 1.807) is 37.4 Å². The zero-order valence-corrected chi connectivity index (χ0v) is 15.3. The summed E-state index contributed by atoms with van der Waals surface area (Å²) in [5, 5.41) is 24.2. The van der Waals surface area contributed by atoms with Crippen molar-refractivity contribution in [3.05, 3.63) is 23.6 Å². The lowest BCUT2D eigenvalue weighted by Crippen LogP contribution is -1.88. The molecular formula is C12H14N6O2S3. The predicted molar refractivity (Wildman–Crippen MR) is 86.5 cm³/mol. The zero-order chi connectivity index (χ0) is 16.4. The van der Waals surface area contributed by atoms with Gasteiger partial charge in [-0.05, 0) is 13.8 Å². The Balaban J connectivity index is 1.61. The van der Waals surface area contributed by atoms with Crippen molar-refractivity contribution in [3.8, 4) is 0 Å². The van der Waals surface area contributed by atoms with Gasteiger partial charge in [-0.25, -0.2) is 0 Å². The molecule has 0 aliphatic carbocycles. The van der Waals surface area contributed by atoms with Crippen LogP contribution in [0.15, 0.2) is 17.5 Å². The molecule has 3 aromatic rings. The summed E-state index contributed by atoms with van der Waals surface area (Å²) in [4.78, 5) is 0. The summed E-state index contributed by atoms with van der Waals surface area (Å²) in [7, 11) is 0. The highest BCUT2D eigenvalue weighted by Crippen LogP contribution is 2.41. The molecule has 0 spiro atoms. The Bertz CT molecular complexity index is 722. The van der Waals surface area contributed by atoms with Crippen LogP contribution in [0, 0.1) is 13.8 Å². The number of hydrogen-bond donors (Lipinski definition) is 0. The maximum atomic E-state index is 5.43. The average Bonchev–Trinajstić information content (AvgIpc) is 3.21. The van der Waals surface area contributed by atoms with Gasteiger partial charge in [0.1, 0.15) is 0 Å². The summed E-state index contributed by atoms with van der Waals surface area (Å²) in [5.41, 5.74) is 0. The highest BCUT2D eigenvalue weighted by Gasteiger charge is 2.20. The van der Waals surface area contributed by atoms with Crippen molar-refractivity contribution >= 4 is 34.9 Å². The molecule has 0 N–H and O–H groups in total. The Hall–Kier alpha value is -1.46. The van der Waals surface area contributed by atoms with Gasteiger partial charge in [-0.1, -0.05) is 34.9 Å². The van der Waals surface area contributed by atoms with Gasteiger partial charge in [-0.3, -0.25) is 0 Å². The van der Waals surface area contributed by atoms with Crippen LogP contribution in [0.25, 0.3) is 0 Å². The number of thioether (sulfide) groups is 2. The minimum atomic E-state index is 0.0259. The quantitative estimate of drug-likeness (QED) is 0.597. The number of aromatic nitrogens is 6. The largest absolute Gasteiger partial charge is 0.424 e. The number of nitrogens with zero attached hydrogens (tertiary/aromatic N) is 6. The van der Waals surface area contributed by atoms with Crippen LogP contribution < -0.4 is 0 Å². The summed E-state index contributed by atoms with van der Waals surface area (Å²) >= 11 is 4.60. The number of rotatable bonds is 6. The van der Waals surface area contributed by atoms with E-state index in [-0.39, 0.29) is 10.5 Å². The predicted octanol–water partition coefficient (Wildman–Crippen LogP) is 3.63. The van der Waals surface area contributed by atoms with Crippen LogP contribution in [0.3, 0.4) is 0 Å². The SMILES string of the molecule is Cc1nnc(C(C)Sc2nnc(SC(C)c3nnc(C)o3)s2)o1. The van der Waals surface area contributed by atoms with Crippen LogP contribution in [0.2, 0.25) is 0 Å². The number of aryl methyl sites for hydroxylation is 2. The molecule has 0 radical (unpaired) electrons. The van der Waals surface area contributed by atoms with Crippen LogP contribution in [-0.2, 0) is 0 Å². The molecule has 23 heavy (non-hydrogen) atoms. The van der Waals surface area contributed by atoms with E-state index < -0.39 is 0 Å². The first-order valence-corrected chi connectivity index (χ1v) is 9.35. The fraction of sp³-hybridized carbons (Fsp3) is 0.500. The molecule has 0 fully saturated rings. The van der Waals surface area contributed by atoms with E-state index in [2.05, 4.69) is 30.6 Å². The van der Waals surface area contributed by atoms with Crippen molar-refractivity contribution in [1.29, 1.82) is 0 Å². The average molecular weight is 370 g/mol. The van der Waals surface area contributed by atoms with Gasteiger partial charge in [0.2, 0.25) is 23.6 Å². The van der Waals surface area contributed by atoms with E-state index in [4.69, 9.17) is 8.83 Å². The van der Waals surface area contributed by atoms with Crippen LogP contribution >= 0.6 is 34.9 Å². The third kappa shape index (κ3) is 4.09. The lowest BCUT2D eigenvalue weighted by Gasteiger charge is -2.02. The van der Waals surface area contributed by atoms with E-state index in [0.29, 0.717) is 23.6 Å². The van der Waals surface area contributed by atoms with Crippen molar-refractivity contribution in [2.75, 3.05) is 0 Å². The van der Waals surface area contributed by atoms with E-state index in [0.717, 1.165) is 8.68 Å². The molecule has 0 aliphatic rings. The van der Waals surface area contributed by atoms with Gasteiger partial charge in [0.25, 0.3) is 0 Å². The lowest BCUT2D eigenvalue weighted by molar-refractivity contribution is 0.469. The second kappa shape index (κ2) is 6.97. The molecule has 8 nitrogen and oxygen atoms in total. The van der Waals surface area contributed by atoms with Gasteiger partial charge in [0, 0.05) is 13.8 Å². The minimum absolute atomic E-state index is 0.0259. The molecule has 3 aromatic heterocycles. The fourth-order valence-corrected chi connectivity index (χ4v) is 5.02. The van der Waals surface area contributed by atoms with Gasteiger partial charge in [-0.2, -0.15) is 0 Å². The molecule has 3 rings (SSSR count). The van der Waals surface area contributed by atoms with Crippen molar-refractivity contribution in [1.82, 2.24) is 30.6 Å². The van der Waals surface area contributed by atoms with Gasteiger partial charge < -0.3 is 8.83 Å². The third-order valence-electron chi connectivity index (χ3n) is 2.72. The summed E-state index contributed by atoms with van der Waals surface area (Å²) in [5.74, 6) is 2.30. The van der Waals surface area contributed by atoms with E-state index in [1.807, 2.05) is 13.8 Å². The lowest BCUT2D eigenvalue weighted by atomic mass is 10.5. The number of hydrogen-bond acceptors (Lipinski definition) is 11. The molecule has 3 heterocycles. The standard InChI is InChI=1S/C12H14N6O2S3/c1-5(9-15-13-7(3)19-9)21-11-17-18-12(23-11)22-6(2)10-16-14-8(4)20-10/h5-6H,1-4H3. The summed E-state index contributed by atoms with van der Waals surface area (Å²) in [6, 6.07) is 0. The Labute approximate surface area is 144 Å². The minimum Gasteiger partial charge on any atom is -0.424 e. The molecule has 0 amide bonds. The Morgan fingerprint density at radius 3 is 1.52 bits per heavy atom. The topological polar surface area (TPSA) is 104 Å². The second-order valence-electron chi connectivity index (χ2n) is 4.67. The van der Waals surface area contributed by atoms with Crippen molar-refractivity contribution in [2.45, 2.75) is 46.9 Å². The Morgan fingerprint density at radius 2 is 1.17 bits per heavy atom. The molecule has 0 bridgehead atoms. The smallest absolute Gasteiger partial charge is 0.229 e. The normalized spacial score (nSPS) is 14.1. The van der Waals surface area contributed by atoms with Gasteiger partial charge >= 0.3 is 0 Å². The maximum absolute atomic E-state index is 5.43. The fourth-order valence-electron chi connectivity index (χ4n) is 1.65. The van der Waals surface area contributed by atoms with Crippen LogP contribution in [0.4, 0.5) is 0 Å². The molecule has 2 atom stereocenters. The highest BCUT2D eigenvalue weighted by atomic mass is 32.2. The first-order valence-electron chi connectivity index (χ1n) is 6.78. The Morgan fingerprint density at radius 1 is 0.739 bits per heavy atom. The maximum Gasteiger partial charge on any atom is 0.229 e. The summed E-state index contributed by atoms with van der Waals surface area (Å²) in [6.45, 7) is 7.54. The van der Waals surface area contributed by atoms with Gasteiger partial charge in [-0.15, -0.1) is 30.6 Å². The van der Waals surface area contributed by atoms with Crippen molar-refractivity contribution < 1.29 is 8.83 Å². The molecule has 0 saturated carbocycles. The molecule has 0 aliphatic heterocycles. The van der Waals surface area contributed by atoms with Crippen LogP contribution in [-0.4, -0.2) is 30.6 Å². The third-order valence-corrected chi connectivity index (χ3v) is 5.99. The van der Waals surface area contributed by atoms with Crippen molar-refractivity contribution in [2.24, 2.45) is 0 Å². The monoisotopic (exact) mass is 370 g/mol. The van der Waals surface area contributed by atoms with Crippen LogP contribution in [0.5, 0.6) is 0 Å². The van der Waals surface area contributed by atoms with E-state index in [1.165, 1.54) is 11.3 Å². The summed E-state index contributed by atoms with van der Waals surface area (Å²) < 4.78 is 12.6. The summed E-state index contributed by atoms with van der Waals surface area (Å²) in [6.07, 6.45) is 0. The van der Waals surface area contributed by atoms with E-state index in [9.17, 15) is 0 Å². The van der Waals surface area contributed by atoms with Crippen LogP contribution in [0.1, 0.15) is 47.9 Å². The van der Waals surface area contributed by atoms with E-state index >= 15 is 0 Å². The molecule has 122 valence electrons. The second-order valence-corrected chi connectivity index (χ2v) is 8.83. The molecule has 0 saturated heterocycles. The Kier molecular flexibility index (Phi) is 4.97. The highest BCUT2D eigenvalue weighted by molar-refractivity contribution is 8.03. The molecular weight excluding hydrogens is 356 g/mol. The molecule has 2 unspecified atom stereocenters. The first-order chi connectivity index (χ1) is 11.0. The van der Waals surface area contributed by atoms with Gasteiger partial charge in [0.05, 0.1) is 10.5 Å². The zero-order valence-electron chi connectivity index (χ0n) is 12.9. The molecule has 11 heteroatoms. The molecule has 0 aromatic carbocycles. The first kappa shape index (κ1) is 16.4. The van der Waals surface area contributed by atoms with Gasteiger partial charge in [0.15, 0.2) is 8.68 Å². The van der Waals surface area contributed by atoms with Crippen molar-refractivity contribution in [3.63, 3.8) is 0 Å².